The van der Waals surface area contributed by atoms with E-state index in [9.17, 15) is 0 Å². The van der Waals surface area contributed by atoms with Crippen LogP contribution in [0.1, 0.15) is 38.9 Å². The fraction of sp³-hybridized carbons (Fsp3) is 0.0769. The van der Waals surface area contributed by atoms with Gasteiger partial charge in [0.1, 0.15) is 10.0 Å². The molecule has 0 bridgehead atoms. The molecule has 5 rings (SSSR count). The van der Waals surface area contributed by atoms with Crippen LogP contribution >= 0.6 is 22.7 Å². The molecule has 0 saturated heterocycles. The first-order valence-electron chi connectivity index (χ1n) is 13.4. The zero-order valence-electron chi connectivity index (χ0n) is 23.7. The van der Waals surface area contributed by atoms with Gasteiger partial charge in [0.05, 0.1) is 0 Å². The number of hydrogen-bond acceptors (Lipinski definition) is 3. The number of thiophene rings is 2. The maximum Gasteiger partial charge on any atom is 0.102 e. The van der Waals surface area contributed by atoms with E-state index in [1.165, 1.54) is 31.8 Å². The van der Waals surface area contributed by atoms with Crippen LogP contribution in [-0.4, -0.2) is 0 Å². The first kappa shape index (κ1) is 28.4. The van der Waals surface area contributed by atoms with Crippen molar-refractivity contribution >= 4 is 67.4 Å². The standard InChI is InChI=1S/C39H27NS2/c1-5-7-8-9-10-11-17-35-28-39(42-37(35)25-22-32-20-18-31(14-6-2)19-21-32)40(38-26-29(3)30(4)41-38)36-24-23-33-15-12-13-16-34(33)27-36/h1,6,12-16,18-28H,2-4H3. The second-order valence-corrected chi connectivity index (χ2v) is 11.7. The van der Waals surface area contributed by atoms with E-state index in [1.807, 2.05) is 13.0 Å². The van der Waals surface area contributed by atoms with Crippen LogP contribution in [0.3, 0.4) is 0 Å². The molecule has 1 nitrogen and oxygen atoms in total. The van der Waals surface area contributed by atoms with Crippen LogP contribution in [0, 0.1) is 61.7 Å². The van der Waals surface area contributed by atoms with Crippen molar-refractivity contribution in [2.24, 2.45) is 0 Å². The smallest absolute Gasteiger partial charge is 0.102 e. The monoisotopic (exact) mass is 573 g/mol. The summed E-state index contributed by atoms with van der Waals surface area (Å²) in [4.78, 5) is 4.69. The molecule has 3 heteroatoms. The van der Waals surface area contributed by atoms with Gasteiger partial charge in [-0.2, -0.15) is 0 Å². The maximum atomic E-state index is 5.19. The molecule has 0 aliphatic heterocycles. The highest BCUT2D eigenvalue weighted by Crippen LogP contribution is 2.45. The lowest BCUT2D eigenvalue weighted by Crippen LogP contribution is -2.06. The van der Waals surface area contributed by atoms with Gasteiger partial charge in [-0.1, -0.05) is 78.7 Å². The third-order valence-electron chi connectivity index (χ3n) is 6.57. The first-order chi connectivity index (χ1) is 20.6. The van der Waals surface area contributed by atoms with E-state index in [4.69, 9.17) is 6.42 Å². The van der Waals surface area contributed by atoms with E-state index in [2.05, 4.69) is 157 Å². The Morgan fingerprint density at radius 1 is 0.690 bits per heavy atom. The molecule has 0 spiro atoms. The summed E-state index contributed by atoms with van der Waals surface area (Å²) in [5.41, 5.74) is 5.60. The first-order valence-corrected chi connectivity index (χ1v) is 15.1. The zero-order chi connectivity index (χ0) is 29.3. The Hall–Kier alpha value is -5.16. The van der Waals surface area contributed by atoms with Gasteiger partial charge in [-0.15, -0.1) is 29.1 Å². The predicted octanol–water partition coefficient (Wildman–Crippen LogP) is 10.2. The van der Waals surface area contributed by atoms with Gasteiger partial charge in [0.25, 0.3) is 0 Å². The van der Waals surface area contributed by atoms with Crippen molar-refractivity contribution in [1.29, 1.82) is 0 Å². The summed E-state index contributed by atoms with van der Waals surface area (Å²) in [6, 6.07) is 28.0. The van der Waals surface area contributed by atoms with Crippen molar-refractivity contribution in [3.05, 3.63) is 117 Å². The lowest BCUT2D eigenvalue weighted by Gasteiger charge is -2.22. The number of rotatable bonds is 6. The number of aryl methyl sites for hydroxylation is 2. The van der Waals surface area contributed by atoms with Gasteiger partial charge in [0, 0.05) is 21.0 Å². The third kappa shape index (κ3) is 6.76. The Bertz CT molecular complexity index is 2020. The Balaban J connectivity index is 1.62. The van der Waals surface area contributed by atoms with E-state index in [-0.39, 0.29) is 0 Å². The SMILES string of the molecule is C#CC#CC#CC#Cc1cc(N(c2ccc3ccccc3c2)c2cc(C)c(C)s2)sc1C=Cc1ccc(C=CC)cc1. The van der Waals surface area contributed by atoms with E-state index < -0.39 is 0 Å². The molecule has 5 aromatic rings. The Kier molecular flexibility index (Phi) is 9.10. The number of fused-ring (bicyclic) bond motifs is 1. The third-order valence-corrected chi connectivity index (χ3v) is 8.80. The van der Waals surface area contributed by atoms with Crippen LogP contribution < -0.4 is 4.90 Å². The highest BCUT2D eigenvalue weighted by Gasteiger charge is 2.19. The molecular weight excluding hydrogens is 547 g/mol. The van der Waals surface area contributed by atoms with Crippen LogP contribution in [0.4, 0.5) is 15.7 Å². The molecule has 0 atom stereocenters. The number of nitrogens with zero attached hydrogens (tertiary/aromatic N) is 1. The van der Waals surface area contributed by atoms with Gasteiger partial charge < -0.3 is 0 Å². The van der Waals surface area contributed by atoms with E-state index in [1.54, 1.807) is 22.7 Å². The van der Waals surface area contributed by atoms with E-state index in [0.29, 0.717) is 0 Å². The van der Waals surface area contributed by atoms with Crippen molar-refractivity contribution < 1.29 is 0 Å². The number of allylic oxidation sites excluding steroid dienone is 1. The number of hydrogen-bond donors (Lipinski definition) is 0. The Labute approximate surface area is 256 Å². The molecule has 0 N–H and O–H groups in total. The highest BCUT2D eigenvalue weighted by molar-refractivity contribution is 7.19. The average molecular weight is 574 g/mol. The van der Waals surface area contributed by atoms with Crippen LogP contribution in [0.15, 0.2) is 84.9 Å². The summed E-state index contributed by atoms with van der Waals surface area (Å²) in [6.45, 7) is 6.36. The van der Waals surface area contributed by atoms with E-state index in [0.717, 1.165) is 26.7 Å². The molecule has 2 aromatic heterocycles. The molecule has 2 heterocycles. The molecule has 0 amide bonds. The van der Waals surface area contributed by atoms with Crippen LogP contribution in [-0.2, 0) is 0 Å². The molecule has 0 unspecified atom stereocenters. The Morgan fingerprint density at radius 2 is 1.38 bits per heavy atom. The lowest BCUT2D eigenvalue weighted by molar-refractivity contribution is 1.35. The van der Waals surface area contributed by atoms with Gasteiger partial charge in [0.15, 0.2) is 0 Å². The quantitative estimate of drug-likeness (QED) is 0.183. The minimum atomic E-state index is 0.909. The summed E-state index contributed by atoms with van der Waals surface area (Å²) in [5.74, 6) is 19.1. The second kappa shape index (κ2) is 13.5. The van der Waals surface area contributed by atoms with Gasteiger partial charge in [-0.3, -0.25) is 4.90 Å². The molecule has 0 radical (unpaired) electrons. The topological polar surface area (TPSA) is 3.24 Å². The fourth-order valence-electron chi connectivity index (χ4n) is 4.38. The largest absolute Gasteiger partial charge is 0.293 e. The summed E-state index contributed by atoms with van der Waals surface area (Å²) in [6.07, 6.45) is 13.6. The predicted molar refractivity (Wildman–Crippen MR) is 185 cm³/mol. The Morgan fingerprint density at radius 3 is 2.10 bits per heavy atom. The van der Waals surface area contributed by atoms with Crippen LogP contribution in [0.25, 0.3) is 29.0 Å². The lowest BCUT2D eigenvalue weighted by atomic mass is 10.1. The molecule has 42 heavy (non-hydrogen) atoms. The van der Waals surface area contributed by atoms with Crippen molar-refractivity contribution in [1.82, 2.24) is 0 Å². The minimum Gasteiger partial charge on any atom is -0.293 e. The number of anilines is 3. The van der Waals surface area contributed by atoms with Gasteiger partial charge in [0.2, 0.25) is 0 Å². The van der Waals surface area contributed by atoms with Gasteiger partial charge in [-0.25, -0.2) is 0 Å². The summed E-state index contributed by atoms with van der Waals surface area (Å²) < 4.78 is 0. The summed E-state index contributed by atoms with van der Waals surface area (Å²) in [7, 11) is 0. The van der Waals surface area contributed by atoms with Crippen molar-refractivity contribution in [2.75, 3.05) is 4.90 Å². The maximum absolute atomic E-state index is 5.19. The molecule has 0 fully saturated rings. The molecule has 0 saturated carbocycles. The van der Waals surface area contributed by atoms with Crippen molar-refractivity contribution in [3.63, 3.8) is 0 Å². The molecule has 0 aliphatic rings. The van der Waals surface area contributed by atoms with Crippen LogP contribution in [0.2, 0.25) is 0 Å². The van der Waals surface area contributed by atoms with Crippen LogP contribution in [0.5, 0.6) is 0 Å². The van der Waals surface area contributed by atoms with Gasteiger partial charge in [-0.05, 0) is 114 Å². The van der Waals surface area contributed by atoms with Gasteiger partial charge >= 0.3 is 0 Å². The highest BCUT2D eigenvalue weighted by atomic mass is 32.1. The normalized spacial score (nSPS) is 10.4. The summed E-state index contributed by atoms with van der Waals surface area (Å²) >= 11 is 3.51. The molecule has 200 valence electrons. The number of terminal acetylenes is 1. The van der Waals surface area contributed by atoms with Crippen molar-refractivity contribution in [3.8, 4) is 47.9 Å². The van der Waals surface area contributed by atoms with E-state index >= 15 is 0 Å². The molecule has 0 aliphatic carbocycles. The second-order valence-electron chi connectivity index (χ2n) is 9.45. The number of benzene rings is 3. The fourth-order valence-corrected chi connectivity index (χ4v) is 6.55. The average Bonchev–Trinajstić information content (AvgIpc) is 3.56. The molecule has 3 aromatic carbocycles. The zero-order valence-corrected chi connectivity index (χ0v) is 25.3. The van der Waals surface area contributed by atoms with Crippen molar-refractivity contribution in [2.45, 2.75) is 20.8 Å². The minimum absolute atomic E-state index is 0.909. The molecular formula is C39H27NS2. The summed E-state index contributed by atoms with van der Waals surface area (Å²) in [5, 5.41) is 4.67.